The van der Waals surface area contributed by atoms with Crippen molar-refractivity contribution in [3.63, 3.8) is 0 Å². The van der Waals surface area contributed by atoms with Crippen LogP contribution in [0.15, 0.2) is 53.6 Å². The number of carbonyl (C=O) groups excluding carboxylic acids is 1. The molecule has 1 amide bonds. The summed E-state index contributed by atoms with van der Waals surface area (Å²) in [7, 11) is -0.793. The molecule has 26 heavy (non-hydrogen) atoms. The minimum atomic E-state index is -3.72. The Labute approximate surface area is 152 Å². The molecular formula is C17H21N3O5S. The number of rotatable bonds is 9. The van der Waals surface area contributed by atoms with Gasteiger partial charge in [-0.3, -0.25) is 4.79 Å². The smallest absolute Gasteiger partial charge is 0.243 e. The summed E-state index contributed by atoms with van der Waals surface area (Å²) in [6, 6.07) is 11.2. The number of nitrogens with zero attached hydrogens (tertiary/aromatic N) is 2. The number of anilines is 1. The molecule has 2 aromatic rings. The molecule has 0 atom stereocenters. The van der Waals surface area contributed by atoms with E-state index in [0.29, 0.717) is 24.8 Å². The van der Waals surface area contributed by atoms with Crippen LogP contribution in [0, 0.1) is 0 Å². The molecule has 0 spiro atoms. The van der Waals surface area contributed by atoms with Crippen LogP contribution in [0.25, 0.3) is 0 Å². The van der Waals surface area contributed by atoms with Crippen LogP contribution in [-0.2, 0) is 19.6 Å². The Morgan fingerprint density at radius 1 is 1.15 bits per heavy atom. The number of sulfonamides is 1. The van der Waals surface area contributed by atoms with Gasteiger partial charge in [0.25, 0.3) is 0 Å². The Hall–Kier alpha value is -2.49. The van der Waals surface area contributed by atoms with Gasteiger partial charge in [-0.15, -0.1) is 0 Å². The number of ether oxygens (including phenoxy) is 2. The first-order valence-electron chi connectivity index (χ1n) is 7.82. The maximum absolute atomic E-state index is 12.4. The van der Waals surface area contributed by atoms with Gasteiger partial charge >= 0.3 is 0 Å². The van der Waals surface area contributed by atoms with E-state index in [1.54, 1.807) is 37.4 Å². The zero-order valence-corrected chi connectivity index (χ0v) is 15.4. The number of nitrogens with one attached hydrogen (secondary N) is 1. The number of likely N-dealkylation sites (N-methyl/N-ethyl adjacent to an activating group) is 1. The van der Waals surface area contributed by atoms with E-state index in [0.717, 1.165) is 4.31 Å². The second kappa shape index (κ2) is 9.27. The fourth-order valence-electron chi connectivity index (χ4n) is 2.03. The van der Waals surface area contributed by atoms with E-state index in [1.165, 1.54) is 25.4 Å². The van der Waals surface area contributed by atoms with Gasteiger partial charge in [0.2, 0.25) is 21.8 Å². The van der Waals surface area contributed by atoms with Gasteiger partial charge in [-0.05, 0) is 18.2 Å². The Balaban J connectivity index is 1.92. The molecule has 0 aliphatic carbocycles. The molecule has 0 saturated heterocycles. The standard InChI is InChI=1S/C17H21N3O5S/c1-20(26(22,23)15-6-4-3-5-7-15)13-16(21)19-14-8-9-17(18-12-14)25-11-10-24-2/h3-9,12H,10-11,13H2,1-2H3,(H,19,21). The van der Waals surface area contributed by atoms with E-state index in [-0.39, 0.29) is 11.4 Å². The van der Waals surface area contributed by atoms with Crippen molar-refractivity contribution in [3.05, 3.63) is 48.7 Å². The molecule has 0 bridgehead atoms. The van der Waals surface area contributed by atoms with Crippen LogP contribution >= 0.6 is 0 Å². The molecule has 1 aromatic heterocycles. The monoisotopic (exact) mass is 379 g/mol. The minimum Gasteiger partial charge on any atom is -0.475 e. The number of benzene rings is 1. The quantitative estimate of drug-likeness (QED) is 0.661. The first-order chi connectivity index (χ1) is 12.4. The highest BCUT2D eigenvalue weighted by Gasteiger charge is 2.22. The molecule has 1 aromatic carbocycles. The number of pyridine rings is 1. The van der Waals surface area contributed by atoms with Crippen LogP contribution in [0.5, 0.6) is 5.88 Å². The van der Waals surface area contributed by atoms with E-state index in [1.807, 2.05) is 0 Å². The number of hydrogen-bond donors (Lipinski definition) is 1. The normalized spacial score (nSPS) is 11.3. The van der Waals surface area contributed by atoms with Crippen LogP contribution in [0.2, 0.25) is 0 Å². The van der Waals surface area contributed by atoms with E-state index in [4.69, 9.17) is 9.47 Å². The summed E-state index contributed by atoms with van der Waals surface area (Å²) in [6.45, 7) is 0.503. The predicted molar refractivity (Wildman–Crippen MR) is 96.5 cm³/mol. The number of methoxy groups -OCH3 is 1. The predicted octanol–water partition coefficient (Wildman–Crippen LogP) is 1.37. The van der Waals surface area contributed by atoms with Gasteiger partial charge in [0.15, 0.2) is 0 Å². The fraction of sp³-hybridized carbons (Fsp3) is 0.294. The highest BCUT2D eigenvalue weighted by Crippen LogP contribution is 2.14. The van der Waals surface area contributed by atoms with Crippen LogP contribution < -0.4 is 10.1 Å². The van der Waals surface area contributed by atoms with Crippen molar-refractivity contribution in [1.29, 1.82) is 0 Å². The van der Waals surface area contributed by atoms with Crippen molar-refractivity contribution in [2.45, 2.75) is 4.90 Å². The number of amides is 1. The molecule has 1 heterocycles. The summed E-state index contributed by atoms with van der Waals surface area (Å²) >= 11 is 0. The van der Waals surface area contributed by atoms with E-state index in [2.05, 4.69) is 10.3 Å². The SMILES string of the molecule is COCCOc1ccc(NC(=O)CN(C)S(=O)(=O)c2ccccc2)cn1. The van der Waals surface area contributed by atoms with Crippen LogP contribution in [0.1, 0.15) is 0 Å². The molecule has 140 valence electrons. The highest BCUT2D eigenvalue weighted by molar-refractivity contribution is 7.89. The maximum Gasteiger partial charge on any atom is 0.243 e. The molecule has 0 aliphatic heterocycles. The molecule has 0 saturated carbocycles. The number of hydrogen-bond acceptors (Lipinski definition) is 6. The summed E-state index contributed by atoms with van der Waals surface area (Å²) < 4.78 is 36.0. The third-order valence-corrected chi connectivity index (χ3v) is 5.19. The van der Waals surface area contributed by atoms with Crippen molar-refractivity contribution >= 4 is 21.6 Å². The minimum absolute atomic E-state index is 0.134. The lowest BCUT2D eigenvalue weighted by atomic mass is 10.4. The van der Waals surface area contributed by atoms with Crippen molar-refractivity contribution in [3.8, 4) is 5.88 Å². The Morgan fingerprint density at radius 3 is 2.50 bits per heavy atom. The summed E-state index contributed by atoms with van der Waals surface area (Å²) in [5.41, 5.74) is 0.444. The second-order valence-electron chi connectivity index (χ2n) is 5.35. The summed E-state index contributed by atoms with van der Waals surface area (Å²) in [6.07, 6.45) is 1.44. The van der Waals surface area contributed by atoms with Crippen molar-refractivity contribution in [2.75, 3.05) is 39.2 Å². The third-order valence-electron chi connectivity index (χ3n) is 3.38. The molecule has 0 fully saturated rings. The van der Waals surface area contributed by atoms with Crippen molar-refractivity contribution in [1.82, 2.24) is 9.29 Å². The Bertz CT molecular complexity index is 810. The molecule has 0 radical (unpaired) electrons. The first-order valence-corrected chi connectivity index (χ1v) is 9.26. The average Bonchev–Trinajstić information content (AvgIpc) is 2.64. The van der Waals surface area contributed by atoms with Gasteiger partial charge < -0.3 is 14.8 Å². The van der Waals surface area contributed by atoms with E-state index < -0.39 is 15.9 Å². The number of aromatic nitrogens is 1. The summed E-state index contributed by atoms with van der Waals surface area (Å²) in [5, 5.41) is 2.60. The van der Waals surface area contributed by atoms with Gasteiger partial charge in [-0.25, -0.2) is 13.4 Å². The second-order valence-corrected chi connectivity index (χ2v) is 7.39. The fourth-order valence-corrected chi connectivity index (χ4v) is 3.18. The Kier molecular flexibility index (Phi) is 7.07. The van der Waals surface area contributed by atoms with Gasteiger partial charge in [-0.1, -0.05) is 18.2 Å². The maximum atomic E-state index is 12.4. The van der Waals surface area contributed by atoms with E-state index >= 15 is 0 Å². The third kappa shape index (κ3) is 5.51. The van der Waals surface area contributed by atoms with Gasteiger partial charge in [0, 0.05) is 20.2 Å². The lowest BCUT2D eigenvalue weighted by molar-refractivity contribution is -0.116. The van der Waals surface area contributed by atoms with Gasteiger partial charge in [-0.2, -0.15) is 4.31 Å². The molecule has 1 N–H and O–H groups in total. The summed E-state index contributed by atoms with van der Waals surface area (Å²) in [5.74, 6) is -0.0642. The number of carbonyl (C=O) groups is 1. The molecule has 0 unspecified atom stereocenters. The topological polar surface area (TPSA) is 97.8 Å². The van der Waals surface area contributed by atoms with Crippen LogP contribution in [0.3, 0.4) is 0 Å². The molecule has 2 rings (SSSR count). The lowest BCUT2D eigenvalue weighted by Gasteiger charge is -2.16. The molecule has 9 heteroatoms. The average molecular weight is 379 g/mol. The van der Waals surface area contributed by atoms with Gasteiger partial charge in [0.05, 0.1) is 29.9 Å². The highest BCUT2D eigenvalue weighted by atomic mass is 32.2. The van der Waals surface area contributed by atoms with Crippen LogP contribution in [-0.4, -0.2) is 57.5 Å². The molecule has 8 nitrogen and oxygen atoms in total. The van der Waals surface area contributed by atoms with Gasteiger partial charge in [0.1, 0.15) is 6.61 Å². The largest absolute Gasteiger partial charge is 0.475 e. The molecular weight excluding hydrogens is 358 g/mol. The van der Waals surface area contributed by atoms with Crippen molar-refractivity contribution < 1.29 is 22.7 Å². The van der Waals surface area contributed by atoms with Crippen LogP contribution in [0.4, 0.5) is 5.69 Å². The lowest BCUT2D eigenvalue weighted by Crippen LogP contribution is -2.34. The summed E-state index contributed by atoms with van der Waals surface area (Å²) in [4.78, 5) is 16.3. The van der Waals surface area contributed by atoms with Crippen molar-refractivity contribution in [2.24, 2.45) is 0 Å². The van der Waals surface area contributed by atoms with E-state index in [9.17, 15) is 13.2 Å². The molecule has 0 aliphatic rings. The Morgan fingerprint density at radius 2 is 1.88 bits per heavy atom. The first kappa shape index (κ1) is 19.8. The zero-order valence-electron chi connectivity index (χ0n) is 14.6. The zero-order chi connectivity index (χ0) is 19.0.